The normalized spacial score (nSPS) is 11.0. The van der Waals surface area contributed by atoms with E-state index >= 15 is 0 Å². The summed E-state index contributed by atoms with van der Waals surface area (Å²) >= 11 is 3.55. The van der Waals surface area contributed by atoms with Gasteiger partial charge in [-0.15, -0.1) is 0 Å². The molecule has 0 aliphatic heterocycles. The van der Waals surface area contributed by atoms with Gasteiger partial charge in [-0.2, -0.15) is 0 Å². The van der Waals surface area contributed by atoms with Crippen molar-refractivity contribution in [3.05, 3.63) is 58.8 Å². The Morgan fingerprint density at radius 2 is 1.72 bits per heavy atom. The Kier molecular flexibility index (Phi) is 2.94. The zero-order chi connectivity index (χ0) is 12.5. The van der Waals surface area contributed by atoms with E-state index in [-0.39, 0.29) is 6.61 Å². The van der Waals surface area contributed by atoms with Crippen molar-refractivity contribution < 1.29 is 9.52 Å². The van der Waals surface area contributed by atoms with Crippen LogP contribution in [-0.4, -0.2) is 5.11 Å². The third-order valence-corrected chi connectivity index (χ3v) is 3.65. The Bertz CT molecular complexity index is 701. The Balaban J connectivity index is 2.26. The number of furan rings is 1. The van der Waals surface area contributed by atoms with Gasteiger partial charge in [0.15, 0.2) is 0 Å². The van der Waals surface area contributed by atoms with Gasteiger partial charge in [0.1, 0.15) is 18.1 Å². The monoisotopic (exact) mass is 302 g/mol. The minimum atomic E-state index is -0.0749. The minimum absolute atomic E-state index is 0.0749. The molecule has 90 valence electrons. The summed E-state index contributed by atoms with van der Waals surface area (Å²) in [7, 11) is 0. The first kappa shape index (κ1) is 11.5. The quantitative estimate of drug-likeness (QED) is 0.763. The summed E-state index contributed by atoms with van der Waals surface area (Å²) in [5, 5.41) is 11.3. The molecule has 0 aliphatic carbocycles. The van der Waals surface area contributed by atoms with Crippen molar-refractivity contribution in [1.29, 1.82) is 0 Å². The molecule has 18 heavy (non-hydrogen) atoms. The lowest BCUT2D eigenvalue weighted by Gasteiger charge is -2.05. The Labute approximate surface area is 113 Å². The molecule has 3 heteroatoms. The van der Waals surface area contributed by atoms with E-state index in [0.29, 0.717) is 5.76 Å². The van der Waals surface area contributed by atoms with Gasteiger partial charge in [0.25, 0.3) is 0 Å². The fraction of sp³-hybridized carbons (Fsp3) is 0.0667. The van der Waals surface area contributed by atoms with Crippen LogP contribution >= 0.6 is 15.9 Å². The second-order valence-corrected chi connectivity index (χ2v) is 4.92. The maximum atomic E-state index is 9.05. The molecule has 3 rings (SSSR count). The van der Waals surface area contributed by atoms with Crippen molar-refractivity contribution >= 4 is 26.7 Å². The molecule has 0 aliphatic rings. The van der Waals surface area contributed by atoms with E-state index in [9.17, 15) is 0 Å². The van der Waals surface area contributed by atoms with E-state index in [1.807, 2.05) is 30.3 Å². The minimum Gasteiger partial charge on any atom is -0.459 e. The van der Waals surface area contributed by atoms with Gasteiger partial charge in [-0.25, -0.2) is 0 Å². The SMILES string of the molecule is OCc1ccc(-c2ccc(Br)c3ccccc23)o1. The fourth-order valence-electron chi connectivity index (χ4n) is 2.08. The topological polar surface area (TPSA) is 33.4 Å². The average Bonchev–Trinajstić information content (AvgIpc) is 2.88. The van der Waals surface area contributed by atoms with Crippen molar-refractivity contribution in [3.63, 3.8) is 0 Å². The number of hydrogen-bond donors (Lipinski definition) is 1. The number of fused-ring (bicyclic) bond motifs is 1. The summed E-state index contributed by atoms with van der Waals surface area (Å²) in [5.74, 6) is 1.36. The van der Waals surface area contributed by atoms with Crippen LogP contribution in [0.2, 0.25) is 0 Å². The zero-order valence-electron chi connectivity index (χ0n) is 9.56. The number of hydrogen-bond acceptors (Lipinski definition) is 2. The first-order valence-corrected chi connectivity index (χ1v) is 6.46. The number of aliphatic hydroxyl groups excluding tert-OH is 1. The van der Waals surface area contributed by atoms with Crippen LogP contribution in [0.5, 0.6) is 0 Å². The summed E-state index contributed by atoms with van der Waals surface area (Å²) < 4.78 is 6.67. The lowest BCUT2D eigenvalue weighted by atomic mass is 10.0. The second-order valence-electron chi connectivity index (χ2n) is 4.06. The molecule has 2 nitrogen and oxygen atoms in total. The first-order valence-electron chi connectivity index (χ1n) is 5.67. The highest BCUT2D eigenvalue weighted by Crippen LogP contribution is 2.33. The summed E-state index contributed by atoms with van der Waals surface area (Å²) in [6, 6.07) is 15.9. The molecule has 0 radical (unpaired) electrons. The summed E-state index contributed by atoms with van der Waals surface area (Å²) in [4.78, 5) is 0. The zero-order valence-corrected chi connectivity index (χ0v) is 11.1. The summed E-state index contributed by atoms with van der Waals surface area (Å²) in [6.45, 7) is -0.0749. The number of aliphatic hydroxyl groups is 1. The number of benzene rings is 2. The van der Waals surface area contributed by atoms with E-state index < -0.39 is 0 Å². The van der Waals surface area contributed by atoms with Crippen molar-refractivity contribution in [3.8, 4) is 11.3 Å². The van der Waals surface area contributed by atoms with Crippen molar-refractivity contribution in [2.45, 2.75) is 6.61 Å². The molecule has 1 aromatic heterocycles. The van der Waals surface area contributed by atoms with Gasteiger partial charge in [-0.3, -0.25) is 0 Å². The van der Waals surface area contributed by atoms with Crippen molar-refractivity contribution in [1.82, 2.24) is 0 Å². The highest BCUT2D eigenvalue weighted by molar-refractivity contribution is 9.10. The average molecular weight is 303 g/mol. The molecule has 2 aromatic carbocycles. The highest BCUT2D eigenvalue weighted by atomic mass is 79.9. The van der Waals surface area contributed by atoms with Gasteiger partial charge in [0.05, 0.1) is 0 Å². The van der Waals surface area contributed by atoms with Crippen LogP contribution in [0.3, 0.4) is 0 Å². The van der Waals surface area contributed by atoms with Gasteiger partial charge in [0.2, 0.25) is 0 Å². The standard InChI is InChI=1S/C15H11BrO2/c16-14-7-6-13(11-3-1-2-4-12(11)14)15-8-5-10(9-17)18-15/h1-8,17H,9H2. The second kappa shape index (κ2) is 4.59. The molecule has 0 saturated heterocycles. The smallest absolute Gasteiger partial charge is 0.135 e. The molecular weight excluding hydrogens is 292 g/mol. The van der Waals surface area contributed by atoms with E-state index in [4.69, 9.17) is 9.52 Å². The molecular formula is C15H11BrO2. The molecule has 0 fully saturated rings. The van der Waals surface area contributed by atoms with E-state index in [0.717, 1.165) is 26.6 Å². The summed E-state index contributed by atoms with van der Waals surface area (Å²) in [5.41, 5.74) is 1.04. The highest BCUT2D eigenvalue weighted by Gasteiger charge is 2.09. The first-order chi connectivity index (χ1) is 8.79. The number of rotatable bonds is 2. The Morgan fingerprint density at radius 1 is 0.944 bits per heavy atom. The maximum absolute atomic E-state index is 9.05. The third kappa shape index (κ3) is 1.85. The third-order valence-electron chi connectivity index (χ3n) is 2.95. The molecule has 0 atom stereocenters. The maximum Gasteiger partial charge on any atom is 0.135 e. The van der Waals surface area contributed by atoms with E-state index in [1.54, 1.807) is 6.07 Å². The molecule has 0 unspecified atom stereocenters. The molecule has 1 N–H and O–H groups in total. The van der Waals surface area contributed by atoms with Crippen molar-refractivity contribution in [2.75, 3.05) is 0 Å². The van der Waals surface area contributed by atoms with Gasteiger partial charge in [-0.1, -0.05) is 40.2 Å². The van der Waals surface area contributed by atoms with Crippen LogP contribution in [0.25, 0.3) is 22.1 Å². The largest absolute Gasteiger partial charge is 0.459 e. The predicted octanol–water partition coefficient (Wildman–Crippen LogP) is 4.35. The molecule has 0 amide bonds. The van der Waals surface area contributed by atoms with Crippen LogP contribution < -0.4 is 0 Å². The Hall–Kier alpha value is -1.58. The van der Waals surface area contributed by atoms with Crippen LogP contribution in [0.4, 0.5) is 0 Å². The van der Waals surface area contributed by atoms with Gasteiger partial charge in [-0.05, 0) is 35.0 Å². The van der Waals surface area contributed by atoms with Crippen molar-refractivity contribution in [2.24, 2.45) is 0 Å². The molecule has 1 heterocycles. The predicted molar refractivity (Wildman–Crippen MR) is 75.3 cm³/mol. The lowest BCUT2D eigenvalue weighted by molar-refractivity contribution is 0.248. The number of halogens is 1. The summed E-state index contributed by atoms with van der Waals surface area (Å²) in [6.07, 6.45) is 0. The Morgan fingerprint density at radius 3 is 2.44 bits per heavy atom. The van der Waals surface area contributed by atoms with E-state index in [1.165, 1.54) is 0 Å². The van der Waals surface area contributed by atoms with Crippen LogP contribution in [0, 0.1) is 0 Å². The molecule has 0 bridgehead atoms. The lowest BCUT2D eigenvalue weighted by Crippen LogP contribution is -1.81. The van der Waals surface area contributed by atoms with Gasteiger partial charge < -0.3 is 9.52 Å². The molecule has 0 saturated carbocycles. The molecule has 0 spiro atoms. The molecule has 3 aromatic rings. The van der Waals surface area contributed by atoms with Crippen LogP contribution in [-0.2, 0) is 6.61 Å². The van der Waals surface area contributed by atoms with Gasteiger partial charge >= 0.3 is 0 Å². The van der Waals surface area contributed by atoms with Crippen LogP contribution in [0.15, 0.2) is 57.4 Å². The fourth-order valence-corrected chi connectivity index (χ4v) is 2.56. The van der Waals surface area contributed by atoms with E-state index in [2.05, 4.69) is 28.1 Å². The van der Waals surface area contributed by atoms with Crippen LogP contribution in [0.1, 0.15) is 5.76 Å². The van der Waals surface area contributed by atoms with Gasteiger partial charge in [0, 0.05) is 10.0 Å².